The maximum atomic E-state index is 11.8. The van der Waals surface area contributed by atoms with Gasteiger partial charge in [-0.2, -0.15) is 0 Å². The van der Waals surface area contributed by atoms with Gasteiger partial charge in [-0.05, 0) is 37.8 Å². The molecule has 3 nitrogen and oxygen atoms in total. The van der Waals surface area contributed by atoms with Crippen molar-refractivity contribution in [3.63, 3.8) is 0 Å². The molecule has 1 aliphatic rings. The third-order valence-corrected chi connectivity index (χ3v) is 3.17. The molecule has 2 rings (SSSR count). The molecule has 96 valence electrons. The summed E-state index contributed by atoms with van der Waals surface area (Å²) in [5.41, 5.74) is 2.33. The van der Waals surface area contributed by atoms with E-state index in [1.54, 1.807) is 6.20 Å². The first-order valence-electron chi connectivity index (χ1n) is 6.54. The topological polar surface area (TPSA) is 32.3 Å². The van der Waals surface area contributed by atoms with E-state index in [0.29, 0.717) is 0 Å². The largest absolute Gasteiger partial charge is 0.325 e. The zero-order valence-electron chi connectivity index (χ0n) is 10.9. The lowest BCUT2D eigenvalue weighted by Gasteiger charge is -2.26. The molecular weight excluding hydrogens is 224 g/mol. The highest BCUT2D eigenvalue weighted by atomic mass is 16.2. The zero-order valence-corrected chi connectivity index (χ0v) is 10.9. The molecule has 1 fully saturated rings. The van der Waals surface area contributed by atoms with Crippen LogP contribution in [0.4, 0.5) is 4.79 Å². The summed E-state index contributed by atoms with van der Waals surface area (Å²) in [6, 6.07) is 8.20. The van der Waals surface area contributed by atoms with Crippen molar-refractivity contribution in [3.8, 4) is 0 Å². The van der Waals surface area contributed by atoms with Gasteiger partial charge in [-0.15, -0.1) is 0 Å². The zero-order chi connectivity index (χ0) is 12.8. The Labute approximate surface area is 108 Å². The molecule has 3 heteroatoms. The molecule has 1 aliphatic heterocycles. The Morgan fingerprint density at radius 1 is 1.28 bits per heavy atom. The maximum Gasteiger partial charge on any atom is 0.321 e. The predicted octanol–water partition coefficient (Wildman–Crippen LogP) is 3.16. The molecule has 0 unspecified atom stereocenters. The lowest BCUT2D eigenvalue weighted by Crippen LogP contribution is -2.40. The van der Waals surface area contributed by atoms with Gasteiger partial charge in [0.15, 0.2) is 0 Å². The number of aryl methyl sites for hydroxylation is 1. The Morgan fingerprint density at radius 3 is 2.78 bits per heavy atom. The van der Waals surface area contributed by atoms with Crippen LogP contribution in [0, 0.1) is 6.92 Å². The number of likely N-dealkylation sites (tertiary alicyclic amines) is 1. The van der Waals surface area contributed by atoms with E-state index in [4.69, 9.17) is 0 Å². The summed E-state index contributed by atoms with van der Waals surface area (Å²) in [5, 5.41) is 2.83. The molecule has 1 aromatic rings. The van der Waals surface area contributed by atoms with Crippen molar-refractivity contribution in [1.82, 2.24) is 10.2 Å². The van der Waals surface area contributed by atoms with Crippen LogP contribution in [0.15, 0.2) is 30.5 Å². The van der Waals surface area contributed by atoms with Gasteiger partial charge in [0, 0.05) is 19.3 Å². The fourth-order valence-corrected chi connectivity index (χ4v) is 2.17. The second-order valence-corrected chi connectivity index (χ2v) is 4.74. The van der Waals surface area contributed by atoms with Gasteiger partial charge in [-0.3, -0.25) is 0 Å². The fourth-order valence-electron chi connectivity index (χ4n) is 2.17. The number of hydrogen-bond acceptors (Lipinski definition) is 1. The summed E-state index contributed by atoms with van der Waals surface area (Å²) < 4.78 is 0. The Hall–Kier alpha value is -1.77. The van der Waals surface area contributed by atoms with Crippen LogP contribution < -0.4 is 5.32 Å². The van der Waals surface area contributed by atoms with Crippen molar-refractivity contribution in [2.45, 2.75) is 26.2 Å². The Morgan fingerprint density at radius 2 is 2.06 bits per heavy atom. The number of urea groups is 1. The van der Waals surface area contributed by atoms with Crippen molar-refractivity contribution in [1.29, 1.82) is 0 Å². The summed E-state index contributed by atoms with van der Waals surface area (Å²) in [4.78, 5) is 13.7. The lowest BCUT2D eigenvalue weighted by atomic mass is 10.1. The summed E-state index contributed by atoms with van der Waals surface area (Å²) in [6.45, 7) is 3.82. The van der Waals surface area contributed by atoms with Crippen molar-refractivity contribution in [2.75, 3.05) is 13.1 Å². The minimum Gasteiger partial charge on any atom is -0.325 e. The number of benzene rings is 1. The summed E-state index contributed by atoms with van der Waals surface area (Å²) >= 11 is 0. The molecule has 1 N–H and O–H groups in total. The quantitative estimate of drug-likeness (QED) is 0.851. The first kappa shape index (κ1) is 12.7. The van der Waals surface area contributed by atoms with Gasteiger partial charge in [-0.1, -0.05) is 29.8 Å². The second-order valence-electron chi connectivity index (χ2n) is 4.74. The van der Waals surface area contributed by atoms with Crippen molar-refractivity contribution >= 4 is 12.1 Å². The normalized spacial score (nSPS) is 15.9. The average molecular weight is 244 g/mol. The van der Waals surface area contributed by atoms with E-state index in [0.717, 1.165) is 31.5 Å². The molecule has 2 amide bonds. The lowest BCUT2D eigenvalue weighted by molar-refractivity contribution is 0.190. The molecule has 1 saturated heterocycles. The molecule has 0 aliphatic carbocycles. The van der Waals surface area contributed by atoms with Gasteiger partial charge in [0.2, 0.25) is 0 Å². The fraction of sp³-hybridized carbons (Fsp3) is 0.400. The van der Waals surface area contributed by atoms with Gasteiger partial charge >= 0.3 is 6.03 Å². The molecule has 0 bridgehead atoms. The van der Waals surface area contributed by atoms with Crippen molar-refractivity contribution < 1.29 is 4.79 Å². The SMILES string of the molecule is Cc1cccc(/C=C/NC(=O)N2CCCCC2)c1. The van der Waals surface area contributed by atoms with Crippen LogP contribution in [0.5, 0.6) is 0 Å². The number of nitrogens with one attached hydrogen (secondary N) is 1. The van der Waals surface area contributed by atoms with Crippen LogP contribution in [0.2, 0.25) is 0 Å². The van der Waals surface area contributed by atoms with E-state index >= 15 is 0 Å². The number of nitrogens with zero attached hydrogens (tertiary/aromatic N) is 1. The third kappa shape index (κ3) is 3.62. The standard InChI is InChI=1S/C15H20N2O/c1-13-6-5-7-14(12-13)8-9-16-15(18)17-10-3-2-4-11-17/h5-9,12H,2-4,10-11H2,1H3,(H,16,18)/b9-8+. The molecule has 1 heterocycles. The molecule has 0 saturated carbocycles. The maximum absolute atomic E-state index is 11.8. The van der Waals surface area contributed by atoms with Crippen LogP contribution in [-0.4, -0.2) is 24.0 Å². The smallest absolute Gasteiger partial charge is 0.321 e. The van der Waals surface area contributed by atoms with Gasteiger partial charge < -0.3 is 10.2 Å². The van der Waals surface area contributed by atoms with Crippen LogP contribution >= 0.6 is 0 Å². The van der Waals surface area contributed by atoms with Gasteiger partial charge in [0.05, 0.1) is 0 Å². The van der Waals surface area contributed by atoms with Crippen molar-refractivity contribution in [2.24, 2.45) is 0 Å². The van der Waals surface area contributed by atoms with Crippen LogP contribution in [-0.2, 0) is 0 Å². The number of carbonyl (C=O) groups is 1. The molecular formula is C15H20N2O. The molecule has 0 spiro atoms. The third-order valence-electron chi connectivity index (χ3n) is 3.17. The van der Waals surface area contributed by atoms with E-state index < -0.39 is 0 Å². The number of carbonyl (C=O) groups excluding carboxylic acids is 1. The first-order valence-corrected chi connectivity index (χ1v) is 6.54. The number of hydrogen-bond donors (Lipinski definition) is 1. The average Bonchev–Trinajstić information content (AvgIpc) is 2.40. The summed E-state index contributed by atoms with van der Waals surface area (Å²) in [5.74, 6) is 0. The number of rotatable bonds is 2. The Balaban J connectivity index is 1.85. The minimum atomic E-state index is 0.0126. The highest BCUT2D eigenvalue weighted by Crippen LogP contribution is 2.09. The van der Waals surface area contributed by atoms with Gasteiger partial charge in [0.1, 0.15) is 0 Å². The monoisotopic (exact) mass is 244 g/mol. The second kappa shape index (κ2) is 6.24. The Kier molecular flexibility index (Phi) is 4.40. The number of amides is 2. The Bertz CT molecular complexity index is 434. The predicted molar refractivity (Wildman–Crippen MR) is 74.2 cm³/mol. The van der Waals surface area contributed by atoms with E-state index in [-0.39, 0.29) is 6.03 Å². The van der Waals surface area contributed by atoms with Crippen LogP contribution in [0.25, 0.3) is 6.08 Å². The van der Waals surface area contributed by atoms with Gasteiger partial charge in [-0.25, -0.2) is 4.79 Å². The molecule has 18 heavy (non-hydrogen) atoms. The molecule has 0 atom stereocenters. The summed E-state index contributed by atoms with van der Waals surface area (Å²) in [7, 11) is 0. The van der Waals surface area contributed by atoms with E-state index in [1.165, 1.54) is 12.0 Å². The molecule has 1 aromatic carbocycles. The summed E-state index contributed by atoms with van der Waals surface area (Å²) in [6.07, 6.45) is 7.13. The van der Waals surface area contributed by atoms with Crippen LogP contribution in [0.3, 0.4) is 0 Å². The molecule has 0 aromatic heterocycles. The highest BCUT2D eigenvalue weighted by molar-refractivity contribution is 5.76. The van der Waals surface area contributed by atoms with E-state index in [9.17, 15) is 4.79 Å². The van der Waals surface area contributed by atoms with Crippen LogP contribution in [0.1, 0.15) is 30.4 Å². The van der Waals surface area contributed by atoms with Gasteiger partial charge in [0.25, 0.3) is 0 Å². The minimum absolute atomic E-state index is 0.0126. The number of piperidine rings is 1. The van der Waals surface area contributed by atoms with E-state index in [1.807, 2.05) is 23.1 Å². The highest BCUT2D eigenvalue weighted by Gasteiger charge is 2.14. The first-order chi connectivity index (χ1) is 8.75. The van der Waals surface area contributed by atoms with E-state index in [2.05, 4.69) is 24.4 Å². The molecule has 0 radical (unpaired) electrons. The van der Waals surface area contributed by atoms with Crippen molar-refractivity contribution in [3.05, 3.63) is 41.6 Å².